The average molecular weight is 386 g/mol. The molecule has 1 aliphatic rings. The number of aromatic carboxylic acids is 1. The van der Waals surface area contributed by atoms with E-state index in [4.69, 9.17) is 9.84 Å². The van der Waals surface area contributed by atoms with Crippen molar-refractivity contribution in [3.05, 3.63) is 59.7 Å². The van der Waals surface area contributed by atoms with Gasteiger partial charge in [0.25, 0.3) is 11.1 Å². The molecule has 2 aromatic rings. The second kappa shape index (κ2) is 8.13. The van der Waals surface area contributed by atoms with Gasteiger partial charge in [-0.2, -0.15) is 0 Å². The molecule has 0 unspecified atom stereocenters. The van der Waals surface area contributed by atoms with E-state index in [1.807, 2.05) is 6.92 Å². The van der Waals surface area contributed by atoms with E-state index in [1.54, 1.807) is 36.4 Å². The van der Waals surface area contributed by atoms with Gasteiger partial charge in [0.05, 0.1) is 18.7 Å². The Labute approximate surface area is 160 Å². The monoisotopic (exact) mass is 386 g/mol. The first-order valence-corrected chi connectivity index (χ1v) is 9.19. The van der Waals surface area contributed by atoms with E-state index in [0.29, 0.717) is 17.9 Å². The number of hydrogen-bond acceptors (Lipinski definition) is 6. The lowest BCUT2D eigenvalue weighted by Gasteiger charge is -2.15. The van der Waals surface area contributed by atoms with Crippen molar-refractivity contribution in [1.29, 1.82) is 0 Å². The Morgan fingerprint density at radius 3 is 2.41 bits per heavy atom. The number of carbonyl (C=O) groups excluding carboxylic acids is 2. The molecular weight excluding hydrogens is 368 g/mol. The summed E-state index contributed by atoms with van der Waals surface area (Å²) in [6, 6.07) is 13.3. The standard InChI is InChI=1S/C19H18N2O5S/c1-2-26-15-9-7-14(8-10-15)20-16-17(22)21(19(25)27-16)11-12-3-5-13(6-4-12)18(23)24/h3-10,16,20H,2,11H2,1H3,(H,23,24)/t16-/m0/s1. The second-order valence-electron chi connectivity index (χ2n) is 5.79. The Bertz CT molecular complexity index is 851. The summed E-state index contributed by atoms with van der Waals surface area (Å²) in [5.41, 5.74) is 1.55. The Morgan fingerprint density at radius 2 is 1.81 bits per heavy atom. The highest BCUT2D eigenvalue weighted by molar-refractivity contribution is 8.15. The summed E-state index contributed by atoms with van der Waals surface area (Å²) in [7, 11) is 0. The van der Waals surface area contributed by atoms with E-state index in [1.165, 1.54) is 12.1 Å². The van der Waals surface area contributed by atoms with Crippen molar-refractivity contribution in [2.45, 2.75) is 18.8 Å². The lowest BCUT2D eigenvalue weighted by atomic mass is 10.1. The van der Waals surface area contributed by atoms with E-state index in [0.717, 1.165) is 22.4 Å². The fraction of sp³-hybridized carbons (Fsp3) is 0.211. The van der Waals surface area contributed by atoms with Crippen LogP contribution in [0.4, 0.5) is 10.5 Å². The molecule has 0 radical (unpaired) electrons. The summed E-state index contributed by atoms with van der Waals surface area (Å²) in [6.07, 6.45) is 0. The number of thioether (sulfide) groups is 1. The number of imide groups is 1. The van der Waals surface area contributed by atoms with Gasteiger partial charge >= 0.3 is 5.97 Å². The van der Waals surface area contributed by atoms with Gasteiger partial charge in [0.2, 0.25) is 0 Å². The van der Waals surface area contributed by atoms with Crippen molar-refractivity contribution < 1.29 is 24.2 Å². The minimum Gasteiger partial charge on any atom is -0.494 e. The molecule has 2 aromatic carbocycles. The van der Waals surface area contributed by atoms with Crippen molar-refractivity contribution in [3.8, 4) is 5.75 Å². The highest BCUT2D eigenvalue weighted by Crippen LogP contribution is 2.30. The first-order valence-electron chi connectivity index (χ1n) is 8.31. The predicted molar refractivity (Wildman–Crippen MR) is 102 cm³/mol. The molecule has 140 valence electrons. The molecule has 0 aromatic heterocycles. The molecule has 1 aliphatic heterocycles. The quantitative estimate of drug-likeness (QED) is 0.753. The molecule has 1 fully saturated rings. The van der Waals surface area contributed by atoms with Gasteiger partial charge in [0, 0.05) is 5.69 Å². The van der Waals surface area contributed by atoms with Gasteiger partial charge in [0.1, 0.15) is 5.75 Å². The smallest absolute Gasteiger partial charge is 0.335 e. The molecule has 3 rings (SSSR count). The van der Waals surface area contributed by atoms with Gasteiger partial charge < -0.3 is 15.2 Å². The number of amides is 2. The Balaban J connectivity index is 1.64. The van der Waals surface area contributed by atoms with Gasteiger partial charge in [-0.05, 0) is 60.6 Å². The molecular formula is C19H18N2O5S. The van der Waals surface area contributed by atoms with Crippen LogP contribution in [-0.2, 0) is 11.3 Å². The van der Waals surface area contributed by atoms with Crippen LogP contribution in [0, 0.1) is 0 Å². The number of benzene rings is 2. The maximum absolute atomic E-state index is 12.6. The number of carboxylic acid groups (broad SMARTS) is 1. The van der Waals surface area contributed by atoms with Crippen molar-refractivity contribution in [2.75, 3.05) is 11.9 Å². The molecule has 0 spiro atoms. The van der Waals surface area contributed by atoms with Crippen molar-refractivity contribution in [2.24, 2.45) is 0 Å². The number of hydrogen-bond donors (Lipinski definition) is 2. The van der Waals surface area contributed by atoms with Gasteiger partial charge in [-0.25, -0.2) is 4.79 Å². The third-order valence-corrected chi connectivity index (χ3v) is 4.91. The highest BCUT2D eigenvalue weighted by Gasteiger charge is 2.39. The number of carboxylic acids is 1. The van der Waals surface area contributed by atoms with Crippen LogP contribution >= 0.6 is 11.8 Å². The van der Waals surface area contributed by atoms with Crippen LogP contribution in [0.15, 0.2) is 48.5 Å². The summed E-state index contributed by atoms with van der Waals surface area (Å²) in [4.78, 5) is 36.8. The van der Waals surface area contributed by atoms with Gasteiger partial charge in [-0.15, -0.1) is 0 Å². The molecule has 0 saturated carbocycles. The van der Waals surface area contributed by atoms with Gasteiger partial charge in [-0.3, -0.25) is 14.5 Å². The van der Waals surface area contributed by atoms with Gasteiger partial charge in [-0.1, -0.05) is 12.1 Å². The minimum absolute atomic E-state index is 0.103. The molecule has 1 heterocycles. The summed E-state index contributed by atoms with van der Waals surface area (Å²) in [5, 5.41) is 10.9. The van der Waals surface area contributed by atoms with E-state index in [9.17, 15) is 14.4 Å². The zero-order valence-electron chi connectivity index (χ0n) is 14.5. The maximum Gasteiger partial charge on any atom is 0.335 e. The summed E-state index contributed by atoms with van der Waals surface area (Å²) in [6.45, 7) is 2.57. The number of nitrogens with zero attached hydrogens (tertiary/aromatic N) is 1. The van der Waals surface area contributed by atoms with E-state index in [-0.39, 0.29) is 23.3 Å². The van der Waals surface area contributed by atoms with Crippen molar-refractivity contribution in [1.82, 2.24) is 4.90 Å². The minimum atomic E-state index is -1.02. The van der Waals surface area contributed by atoms with Crippen LogP contribution in [0.1, 0.15) is 22.8 Å². The molecule has 2 N–H and O–H groups in total. The number of nitrogens with one attached hydrogen (secondary N) is 1. The zero-order valence-corrected chi connectivity index (χ0v) is 15.4. The third-order valence-electron chi connectivity index (χ3n) is 3.93. The van der Waals surface area contributed by atoms with Crippen LogP contribution in [0.25, 0.3) is 0 Å². The first kappa shape index (κ1) is 18.8. The van der Waals surface area contributed by atoms with Crippen molar-refractivity contribution >= 4 is 34.6 Å². The van der Waals surface area contributed by atoms with E-state index in [2.05, 4.69) is 5.32 Å². The number of anilines is 1. The maximum atomic E-state index is 12.6. The first-order chi connectivity index (χ1) is 13.0. The largest absolute Gasteiger partial charge is 0.494 e. The van der Waals surface area contributed by atoms with Crippen LogP contribution in [0.2, 0.25) is 0 Å². The highest BCUT2D eigenvalue weighted by atomic mass is 32.2. The van der Waals surface area contributed by atoms with Crippen molar-refractivity contribution in [3.63, 3.8) is 0 Å². The number of carbonyl (C=O) groups is 3. The summed E-state index contributed by atoms with van der Waals surface area (Å²) < 4.78 is 5.38. The average Bonchev–Trinajstić information content (AvgIpc) is 2.91. The Hall–Kier alpha value is -3.00. The van der Waals surface area contributed by atoms with Crippen LogP contribution in [-0.4, -0.2) is 39.1 Å². The normalized spacial score (nSPS) is 16.5. The fourth-order valence-electron chi connectivity index (χ4n) is 2.58. The Kier molecular flexibility index (Phi) is 5.66. The topological polar surface area (TPSA) is 95.9 Å². The third kappa shape index (κ3) is 4.40. The van der Waals surface area contributed by atoms with Crippen LogP contribution in [0.3, 0.4) is 0 Å². The molecule has 8 heteroatoms. The summed E-state index contributed by atoms with van der Waals surface area (Å²) in [5.74, 6) is -0.623. The van der Waals surface area contributed by atoms with Gasteiger partial charge in [0.15, 0.2) is 5.37 Å². The molecule has 0 bridgehead atoms. The van der Waals surface area contributed by atoms with E-state index < -0.39 is 11.3 Å². The lowest BCUT2D eigenvalue weighted by molar-refractivity contribution is -0.126. The molecule has 27 heavy (non-hydrogen) atoms. The number of ether oxygens (including phenoxy) is 1. The second-order valence-corrected chi connectivity index (χ2v) is 6.85. The fourth-order valence-corrected chi connectivity index (χ4v) is 3.49. The number of rotatable bonds is 7. The summed E-state index contributed by atoms with van der Waals surface area (Å²) >= 11 is 0.919. The van der Waals surface area contributed by atoms with Crippen LogP contribution < -0.4 is 10.1 Å². The molecule has 7 nitrogen and oxygen atoms in total. The molecule has 2 amide bonds. The molecule has 1 atom stereocenters. The molecule has 1 saturated heterocycles. The molecule has 0 aliphatic carbocycles. The predicted octanol–water partition coefficient (Wildman–Crippen LogP) is 3.42. The SMILES string of the molecule is CCOc1ccc(N[C@H]2SC(=O)N(Cc3ccc(C(=O)O)cc3)C2=O)cc1. The lowest BCUT2D eigenvalue weighted by Crippen LogP contribution is -2.33. The van der Waals surface area contributed by atoms with E-state index >= 15 is 0 Å². The Morgan fingerprint density at radius 1 is 1.15 bits per heavy atom. The van der Waals surface area contributed by atoms with Crippen LogP contribution in [0.5, 0.6) is 5.75 Å². The zero-order chi connectivity index (χ0) is 19.4.